The molecule has 0 radical (unpaired) electrons. The van der Waals surface area contributed by atoms with Gasteiger partial charge in [0.25, 0.3) is 5.91 Å². The Hall–Kier alpha value is -2.11. The molecule has 1 aliphatic heterocycles. The summed E-state index contributed by atoms with van der Waals surface area (Å²) in [6, 6.07) is 16.3. The van der Waals surface area contributed by atoms with Crippen LogP contribution in [0.5, 0.6) is 0 Å². The minimum Gasteiger partial charge on any atom is -0.305 e. The summed E-state index contributed by atoms with van der Waals surface area (Å²) < 4.78 is 0. The zero-order valence-corrected chi connectivity index (χ0v) is 14.9. The Bertz CT molecular complexity index is 886. The minimum absolute atomic E-state index is 0.0163. The van der Waals surface area contributed by atoms with E-state index >= 15 is 0 Å². The third-order valence-corrected chi connectivity index (χ3v) is 5.93. The lowest BCUT2D eigenvalue weighted by atomic mass is 10.2. The molecule has 120 valence electrons. The number of benzene rings is 2. The van der Waals surface area contributed by atoms with Crippen LogP contribution in [-0.2, 0) is 0 Å². The Kier molecular flexibility index (Phi) is 4.12. The average Bonchev–Trinajstić information content (AvgIpc) is 3.11. The van der Waals surface area contributed by atoms with Crippen LogP contribution in [0.15, 0.2) is 58.8 Å². The fourth-order valence-corrected chi connectivity index (χ4v) is 4.51. The van der Waals surface area contributed by atoms with Crippen molar-refractivity contribution < 1.29 is 4.79 Å². The molecule has 1 amide bonds. The van der Waals surface area contributed by atoms with Gasteiger partial charge in [0.05, 0.1) is 5.69 Å². The number of carbonyl (C=O) groups is 1. The Morgan fingerprint density at radius 2 is 1.92 bits per heavy atom. The van der Waals surface area contributed by atoms with Crippen molar-refractivity contribution >= 4 is 34.7 Å². The summed E-state index contributed by atoms with van der Waals surface area (Å²) in [5.74, 6) is 0.898. The Morgan fingerprint density at radius 1 is 1.12 bits per heavy atom. The van der Waals surface area contributed by atoms with Crippen molar-refractivity contribution in [1.82, 2.24) is 4.98 Å². The predicted molar refractivity (Wildman–Crippen MR) is 101 cm³/mol. The summed E-state index contributed by atoms with van der Waals surface area (Å²) in [6.07, 6.45) is 0. The smallest absolute Gasteiger partial charge is 0.277 e. The van der Waals surface area contributed by atoms with E-state index in [4.69, 9.17) is 0 Å². The highest BCUT2D eigenvalue weighted by Gasteiger charge is 2.25. The van der Waals surface area contributed by atoms with Crippen LogP contribution in [0.1, 0.15) is 16.1 Å². The molecule has 2 aromatic carbocycles. The lowest BCUT2D eigenvalue weighted by Crippen LogP contribution is -2.35. The molecule has 0 N–H and O–H groups in total. The number of nitrogens with zero attached hydrogens (tertiary/aromatic N) is 2. The number of carbonyl (C=O) groups excluding carboxylic acids is 1. The summed E-state index contributed by atoms with van der Waals surface area (Å²) in [6.45, 7) is 2.78. The number of aryl methyl sites for hydroxylation is 1. The topological polar surface area (TPSA) is 33.2 Å². The van der Waals surface area contributed by atoms with Crippen LogP contribution >= 0.6 is 23.1 Å². The molecule has 24 heavy (non-hydrogen) atoms. The second-order valence-corrected chi connectivity index (χ2v) is 7.67. The second kappa shape index (κ2) is 6.42. The number of rotatable bonds is 2. The van der Waals surface area contributed by atoms with E-state index in [9.17, 15) is 4.79 Å². The van der Waals surface area contributed by atoms with Gasteiger partial charge < -0.3 is 4.90 Å². The summed E-state index contributed by atoms with van der Waals surface area (Å²) in [5, 5.41) is 2.75. The maximum Gasteiger partial charge on any atom is 0.277 e. The SMILES string of the molecule is Cc1ccc(-c2nc(C(=O)N3CCSc4ccccc43)cs2)cc1. The van der Waals surface area contributed by atoms with E-state index in [-0.39, 0.29) is 5.91 Å². The zero-order valence-electron chi connectivity index (χ0n) is 13.2. The molecule has 3 aromatic rings. The fraction of sp³-hybridized carbons (Fsp3) is 0.158. The quantitative estimate of drug-likeness (QED) is 0.659. The van der Waals surface area contributed by atoms with Gasteiger partial charge >= 0.3 is 0 Å². The molecule has 0 bridgehead atoms. The lowest BCUT2D eigenvalue weighted by molar-refractivity contribution is 0.0983. The van der Waals surface area contributed by atoms with Gasteiger partial charge in [-0.05, 0) is 19.1 Å². The van der Waals surface area contributed by atoms with E-state index < -0.39 is 0 Å². The summed E-state index contributed by atoms with van der Waals surface area (Å²) in [7, 11) is 0. The molecule has 0 unspecified atom stereocenters. The highest BCUT2D eigenvalue weighted by atomic mass is 32.2. The van der Waals surface area contributed by atoms with Crippen LogP contribution in [0.4, 0.5) is 5.69 Å². The molecular formula is C19H16N2OS2. The number of fused-ring (bicyclic) bond motifs is 1. The molecule has 3 nitrogen and oxygen atoms in total. The van der Waals surface area contributed by atoms with Gasteiger partial charge in [-0.25, -0.2) is 4.98 Å². The van der Waals surface area contributed by atoms with Crippen LogP contribution in [-0.4, -0.2) is 23.2 Å². The summed E-state index contributed by atoms with van der Waals surface area (Å²) >= 11 is 3.32. The van der Waals surface area contributed by atoms with Crippen LogP contribution < -0.4 is 4.90 Å². The normalized spacial score (nSPS) is 13.6. The molecule has 1 aliphatic rings. The van der Waals surface area contributed by atoms with Gasteiger partial charge in [0, 0.05) is 28.1 Å². The number of anilines is 1. The number of aromatic nitrogens is 1. The Morgan fingerprint density at radius 3 is 2.75 bits per heavy atom. The first-order chi connectivity index (χ1) is 11.7. The van der Waals surface area contributed by atoms with Gasteiger partial charge in [0.15, 0.2) is 0 Å². The maximum atomic E-state index is 12.9. The van der Waals surface area contributed by atoms with Gasteiger partial charge in [0.1, 0.15) is 10.7 Å². The van der Waals surface area contributed by atoms with Crippen LogP contribution in [0.3, 0.4) is 0 Å². The number of para-hydroxylation sites is 1. The lowest BCUT2D eigenvalue weighted by Gasteiger charge is -2.28. The number of thiazole rings is 1. The summed E-state index contributed by atoms with van der Waals surface area (Å²) in [4.78, 5) is 20.5. The predicted octanol–water partition coefficient (Wildman–Crippen LogP) is 4.87. The van der Waals surface area contributed by atoms with Crippen molar-refractivity contribution in [1.29, 1.82) is 0 Å². The fourth-order valence-electron chi connectivity index (χ4n) is 2.72. The summed E-state index contributed by atoms with van der Waals surface area (Å²) in [5.41, 5.74) is 3.79. The van der Waals surface area contributed by atoms with Crippen molar-refractivity contribution in [3.63, 3.8) is 0 Å². The first-order valence-electron chi connectivity index (χ1n) is 7.78. The molecule has 0 atom stereocenters. The molecule has 5 heteroatoms. The first-order valence-corrected chi connectivity index (χ1v) is 9.65. The van der Waals surface area contributed by atoms with Crippen LogP contribution in [0.25, 0.3) is 10.6 Å². The molecule has 0 spiro atoms. The van der Waals surface area contributed by atoms with E-state index in [0.717, 1.165) is 33.5 Å². The Labute approximate surface area is 149 Å². The van der Waals surface area contributed by atoms with E-state index in [1.807, 2.05) is 28.5 Å². The monoisotopic (exact) mass is 352 g/mol. The van der Waals surface area contributed by atoms with Crippen molar-refractivity contribution in [2.75, 3.05) is 17.2 Å². The molecule has 0 aliphatic carbocycles. The molecule has 2 heterocycles. The van der Waals surface area contributed by atoms with Gasteiger partial charge in [-0.15, -0.1) is 23.1 Å². The van der Waals surface area contributed by atoms with Crippen LogP contribution in [0, 0.1) is 6.92 Å². The van der Waals surface area contributed by atoms with Gasteiger partial charge in [-0.1, -0.05) is 42.0 Å². The zero-order chi connectivity index (χ0) is 16.5. The van der Waals surface area contributed by atoms with E-state index in [1.54, 1.807) is 11.8 Å². The van der Waals surface area contributed by atoms with Crippen molar-refractivity contribution in [2.24, 2.45) is 0 Å². The first kappa shape index (κ1) is 15.4. The molecule has 1 aromatic heterocycles. The molecule has 0 saturated carbocycles. The van der Waals surface area contributed by atoms with E-state index in [0.29, 0.717) is 5.69 Å². The number of hydrogen-bond donors (Lipinski definition) is 0. The molecule has 0 saturated heterocycles. The highest BCUT2D eigenvalue weighted by molar-refractivity contribution is 7.99. The van der Waals surface area contributed by atoms with Gasteiger partial charge in [-0.2, -0.15) is 0 Å². The van der Waals surface area contributed by atoms with Gasteiger partial charge in [0.2, 0.25) is 0 Å². The van der Waals surface area contributed by atoms with Crippen molar-refractivity contribution in [3.05, 3.63) is 65.2 Å². The number of amides is 1. The van der Waals surface area contributed by atoms with E-state index in [1.165, 1.54) is 16.9 Å². The standard InChI is InChI=1S/C19H16N2OS2/c1-13-6-8-14(9-7-13)18-20-15(12-24-18)19(22)21-10-11-23-17-5-3-2-4-16(17)21/h2-9,12H,10-11H2,1H3. The average molecular weight is 352 g/mol. The third-order valence-electron chi connectivity index (χ3n) is 4.00. The minimum atomic E-state index is -0.0163. The maximum absolute atomic E-state index is 12.9. The van der Waals surface area contributed by atoms with Gasteiger partial charge in [-0.3, -0.25) is 4.79 Å². The second-order valence-electron chi connectivity index (χ2n) is 5.68. The largest absolute Gasteiger partial charge is 0.305 e. The van der Waals surface area contributed by atoms with Crippen molar-refractivity contribution in [3.8, 4) is 10.6 Å². The van der Waals surface area contributed by atoms with Crippen LogP contribution in [0.2, 0.25) is 0 Å². The number of thioether (sulfide) groups is 1. The molecular weight excluding hydrogens is 336 g/mol. The van der Waals surface area contributed by atoms with Crippen molar-refractivity contribution in [2.45, 2.75) is 11.8 Å². The Balaban J connectivity index is 1.63. The number of hydrogen-bond acceptors (Lipinski definition) is 4. The molecule has 0 fully saturated rings. The van der Waals surface area contributed by atoms with E-state index in [2.05, 4.69) is 42.2 Å². The third kappa shape index (κ3) is 2.85. The highest BCUT2D eigenvalue weighted by Crippen LogP contribution is 2.35. The molecule has 4 rings (SSSR count).